The smallest absolute Gasteiger partial charge is 0.326 e. The number of carboxylic acid groups (broad SMARTS) is 2. The molecule has 0 heterocycles. The molecule has 262 valence electrons. The Bertz CT molecular complexity index is 1570. The normalized spacial score (nSPS) is 13.5. The van der Waals surface area contributed by atoms with Gasteiger partial charge in [-0.15, -0.1) is 4.99 Å². The number of nitro benzene ring substituents is 1. The number of non-ortho nitro benzene ring substituents is 1. The minimum absolute atomic E-state index is 0.0555. The Labute approximate surface area is 284 Å². The van der Waals surface area contributed by atoms with Gasteiger partial charge >= 0.3 is 11.9 Å². The highest BCUT2D eigenvalue weighted by Crippen LogP contribution is 2.26. The molecular formula is C34H43N7O8. The molecule has 0 aromatic heterocycles. The number of anilines is 2. The van der Waals surface area contributed by atoms with E-state index in [-0.39, 0.29) is 42.2 Å². The summed E-state index contributed by atoms with van der Waals surface area (Å²) in [5.74, 6) is -3.95. The average Bonchev–Trinajstić information content (AvgIpc) is 3.00. The van der Waals surface area contributed by atoms with Crippen LogP contribution in [0, 0.1) is 32.9 Å². The molecule has 0 spiro atoms. The summed E-state index contributed by atoms with van der Waals surface area (Å²) in [6.07, 6.45) is 5.00. The number of benzene rings is 2. The maximum Gasteiger partial charge on any atom is 0.326 e. The highest BCUT2D eigenvalue weighted by atomic mass is 16.6. The highest BCUT2D eigenvalue weighted by Gasteiger charge is 2.27. The van der Waals surface area contributed by atoms with Gasteiger partial charge < -0.3 is 31.5 Å². The second kappa shape index (κ2) is 18.5. The number of nitriles is 1. The molecule has 3 atom stereocenters. The van der Waals surface area contributed by atoms with Crippen molar-refractivity contribution < 1.29 is 34.3 Å². The molecule has 2 rings (SSSR count). The molecule has 15 nitrogen and oxygen atoms in total. The van der Waals surface area contributed by atoms with Crippen LogP contribution in [0.3, 0.4) is 0 Å². The predicted octanol–water partition coefficient (Wildman–Crippen LogP) is 5.00. The van der Waals surface area contributed by atoms with Gasteiger partial charge in [0.05, 0.1) is 10.8 Å². The van der Waals surface area contributed by atoms with Crippen LogP contribution in [0.5, 0.6) is 0 Å². The lowest BCUT2D eigenvalue weighted by atomic mass is 9.89. The topological polar surface area (TPSA) is 236 Å². The number of amides is 2. The summed E-state index contributed by atoms with van der Waals surface area (Å²) < 4.78 is 0. The fourth-order valence-corrected chi connectivity index (χ4v) is 4.65. The Balaban J connectivity index is 2.11. The molecule has 2 amide bonds. The molecule has 0 saturated heterocycles. The van der Waals surface area contributed by atoms with Crippen molar-refractivity contribution in [2.24, 2.45) is 16.3 Å². The van der Waals surface area contributed by atoms with Crippen molar-refractivity contribution in [3.8, 4) is 6.19 Å². The van der Waals surface area contributed by atoms with Gasteiger partial charge in [-0.05, 0) is 60.4 Å². The molecule has 0 bridgehead atoms. The van der Waals surface area contributed by atoms with Gasteiger partial charge in [0.25, 0.3) is 5.69 Å². The summed E-state index contributed by atoms with van der Waals surface area (Å²) in [6.45, 7) is 9.43. The summed E-state index contributed by atoms with van der Waals surface area (Å²) in [4.78, 5) is 63.4. The molecule has 15 heteroatoms. The number of aliphatic carboxylic acids is 2. The molecule has 0 radical (unpaired) electrons. The molecule has 2 aromatic rings. The third kappa shape index (κ3) is 14.3. The summed E-state index contributed by atoms with van der Waals surface area (Å²) >= 11 is 0. The quantitative estimate of drug-likeness (QED) is 0.0345. The molecule has 3 unspecified atom stereocenters. The van der Waals surface area contributed by atoms with Crippen molar-refractivity contribution in [1.82, 2.24) is 10.6 Å². The van der Waals surface area contributed by atoms with Gasteiger partial charge in [0.1, 0.15) is 12.1 Å². The van der Waals surface area contributed by atoms with Gasteiger partial charge in [-0.2, -0.15) is 5.26 Å². The predicted molar refractivity (Wildman–Crippen MR) is 184 cm³/mol. The average molecular weight is 678 g/mol. The molecule has 49 heavy (non-hydrogen) atoms. The van der Waals surface area contributed by atoms with E-state index in [2.05, 4.69) is 26.3 Å². The Hall–Kier alpha value is -5.78. The van der Waals surface area contributed by atoms with Crippen LogP contribution in [0.2, 0.25) is 0 Å². The fraction of sp³-hybridized carbons (Fsp3) is 0.412. The zero-order valence-electron chi connectivity index (χ0n) is 28.1. The number of carbonyl (C=O) groups excluding carboxylic acids is 2. The minimum atomic E-state index is -1.28. The Kier molecular flexibility index (Phi) is 14.9. The zero-order valence-corrected chi connectivity index (χ0v) is 28.1. The summed E-state index contributed by atoms with van der Waals surface area (Å²) in [5, 5.41) is 50.2. The van der Waals surface area contributed by atoms with E-state index in [1.54, 1.807) is 30.5 Å². The summed E-state index contributed by atoms with van der Waals surface area (Å²) in [7, 11) is 0. The van der Waals surface area contributed by atoms with E-state index >= 15 is 0 Å². The summed E-state index contributed by atoms with van der Waals surface area (Å²) in [6, 6.07) is 9.79. The van der Waals surface area contributed by atoms with Crippen LogP contribution < -0.4 is 21.3 Å². The van der Waals surface area contributed by atoms with Crippen LogP contribution in [-0.4, -0.2) is 56.9 Å². The Morgan fingerprint density at radius 3 is 1.82 bits per heavy atom. The molecule has 0 fully saturated rings. The van der Waals surface area contributed by atoms with Crippen LogP contribution >= 0.6 is 0 Å². The number of aliphatic imine (C=N–C) groups is 1. The number of carbonyl (C=O) groups is 4. The number of nitrogens with zero attached hydrogens (tertiary/aromatic N) is 3. The second-order valence-corrected chi connectivity index (χ2v) is 13.0. The number of hydrogen-bond donors (Lipinski definition) is 6. The van der Waals surface area contributed by atoms with Gasteiger partial charge in [0.2, 0.25) is 24.0 Å². The van der Waals surface area contributed by atoms with Crippen LogP contribution in [0.1, 0.15) is 71.8 Å². The first-order valence-electron chi connectivity index (χ1n) is 15.5. The van der Waals surface area contributed by atoms with E-state index < -0.39 is 46.7 Å². The molecule has 0 aliphatic carbocycles. The van der Waals surface area contributed by atoms with E-state index in [0.717, 1.165) is 0 Å². The van der Waals surface area contributed by atoms with Crippen LogP contribution in [0.15, 0.2) is 65.7 Å². The van der Waals surface area contributed by atoms with Crippen molar-refractivity contribution in [2.75, 3.05) is 10.6 Å². The molecule has 0 aliphatic heterocycles. The van der Waals surface area contributed by atoms with Gasteiger partial charge in [-0.25, -0.2) is 9.59 Å². The molecule has 2 aromatic carbocycles. The van der Waals surface area contributed by atoms with Crippen LogP contribution in [0.25, 0.3) is 0 Å². The monoisotopic (exact) mass is 677 g/mol. The van der Waals surface area contributed by atoms with E-state index in [9.17, 15) is 39.5 Å². The number of carboxylic acids is 2. The minimum Gasteiger partial charge on any atom is -0.480 e. The Morgan fingerprint density at radius 2 is 1.39 bits per heavy atom. The van der Waals surface area contributed by atoms with Gasteiger partial charge in [0, 0.05) is 29.9 Å². The molecule has 6 N–H and O–H groups in total. The summed E-state index contributed by atoms with van der Waals surface area (Å²) in [5.41, 5.74) is 1.16. The molecular weight excluding hydrogens is 634 g/mol. The van der Waals surface area contributed by atoms with Crippen LogP contribution in [0.4, 0.5) is 17.1 Å². The maximum absolute atomic E-state index is 13.4. The third-order valence-electron chi connectivity index (χ3n) is 6.95. The van der Waals surface area contributed by atoms with Crippen molar-refractivity contribution in [1.29, 1.82) is 5.26 Å². The highest BCUT2D eigenvalue weighted by molar-refractivity contribution is 6.04. The third-order valence-corrected chi connectivity index (χ3v) is 6.95. The fourth-order valence-electron chi connectivity index (χ4n) is 4.65. The standard InChI is InChI=1S/C34H43N7O8/c1-21(2)18-26(22-10-12-23(13-11-22)37-33(36-20-35)38-24-14-16-25(17-15-24)41(48)49)30(43)40-28(32(46)47)9-7-6-8-27(31(44)45)39-29(42)19-34(3,4)5/h6-7,10-17,21,26-28H,8-9,18-19H2,1-5H3,(H,39,42)(H,40,43)(H,44,45)(H,46,47)(H2,36,37,38). The number of hydrogen-bond acceptors (Lipinski definition) is 8. The lowest BCUT2D eigenvalue weighted by Crippen LogP contribution is -2.43. The van der Waals surface area contributed by atoms with Crippen LogP contribution in [-0.2, 0) is 19.2 Å². The van der Waals surface area contributed by atoms with Gasteiger partial charge in [-0.3, -0.25) is 19.7 Å². The lowest BCUT2D eigenvalue weighted by Gasteiger charge is -2.22. The van der Waals surface area contributed by atoms with Crippen molar-refractivity contribution in [2.45, 2.75) is 78.3 Å². The largest absolute Gasteiger partial charge is 0.480 e. The number of nitro groups is 1. The maximum atomic E-state index is 13.4. The van der Waals surface area contributed by atoms with E-state index in [1.807, 2.05) is 34.6 Å². The first-order chi connectivity index (χ1) is 23.0. The van der Waals surface area contributed by atoms with Gasteiger partial charge in [0.15, 0.2) is 0 Å². The Morgan fingerprint density at radius 1 is 0.898 bits per heavy atom. The zero-order chi connectivity index (χ0) is 36.7. The number of guanidine groups is 1. The van der Waals surface area contributed by atoms with E-state index in [4.69, 9.17) is 5.26 Å². The SMILES string of the molecule is CC(C)CC(C(=O)NC(CC=CCC(NC(=O)CC(C)(C)C)C(=O)O)C(=O)O)c1ccc(NC(=NC#N)Nc2ccc([N+](=O)[O-])cc2)cc1. The first kappa shape index (κ1) is 39.4. The van der Waals surface area contributed by atoms with Crippen molar-refractivity contribution in [3.63, 3.8) is 0 Å². The number of rotatable bonds is 16. The second-order valence-electron chi connectivity index (χ2n) is 13.0. The van der Waals surface area contributed by atoms with Gasteiger partial charge in [-0.1, -0.05) is 58.9 Å². The lowest BCUT2D eigenvalue weighted by molar-refractivity contribution is -0.384. The van der Waals surface area contributed by atoms with Crippen molar-refractivity contribution in [3.05, 3.63) is 76.4 Å². The van der Waals surface area contributed by atoms with E-state index in [1.165, 1.54) is 36.4 Å². The van der Waals surface area contributed by atoms with Crippen molar-refractivity contribution >= 4 is 46.8 Å². The number of nitrogens with one attached hydrogen (secondary N) is 4. The molecule has 0 aliphatic rings. The molecule has 0 saturated carbocycles. The van der Waals surface area contributed by atoms with E-state index in [0.29, 0.717) is 23.4 Å². The first-order valence-corrected chi connectivity index (χ1v) is 15.5.